The van der Waals surface area contributed by atoms with E-state index in [1.54, 1.807) is 0 Å². The smallest absolute Gasteiger partial charge is 0.0970 e. The van der Waals surface area contributed by atoms with E-state index >= 15 is 0 Å². The van der Waals surface area contributed by atoms with Crippen LogP contribution in [0.2, 0.25) is 0 Å². The highest BCUT2D eigenvalue weighted by Gasteiger charge is 2.12. The fourth-order valence-corrected chi connectivity index (χ4v) is 1.70. The second-order valence-corrected chi connectivity index (χ2v) is 3.35. The van der Waals surface area contributed by atoms with Crippen molar-refractivity contribution in [3.05, 3.63) is 29.7 Å². The molecule has 0 fully saturated rings. The van der Waals surface area contributed by atoms with Crippen molar-refractivity contribution in [2.24, 2.45) is 12.8 Å². The summed E-state index contributed by atoms with van der Waals surface area (Å²) < 4.78 is 1.84. The topological polar surface area (TPSA) is 59.6 Å². The van der Waals surface area contributed by atoms with Crippen molar-refractivity contribution in [1.82, 2.24) is 14.8 Å². The summed E-state index contributed by atoms with van der Waals surface area (Å²) in [5.41, 5.74) is 10.0. The van der Waals surface area contributed by atoms with Crippen LogP contribution in [0.3, 0.4) is 0 Å². The molecule has 4 nitrogen and oxygen atoms in total. The third-order valence-electron chi connectivity index (χ3n) is 2.49. The molecular formula is C10H14N4. The molecule has 3 N–H and O–H groups in total. The van der Waals surface area contributed by atoms with Crippen LogP contribution in [0.15, 0.2) is 18.5 Å². The first-order chi connectivity index (χ1) is 6.74. The summed E-state index contributed by atoms with van der Waals surface area (Å²) in [6.07, 6.45) is 3.83. The Morgan fingerprint density at radius 3 is 2.86 bits per heavy atom. The predicted molar refractivity (Wildman–Crippen MR) is 55.6 cm³/mol. The van der Waals surface area contributed by atoms with E-state index in [0.717, 1.165) is 22.5 Å². The highest BCUT2D eigenvalue weighted by atomic mass is 15.3. The van der Waals surface area contributed by atoms with Crippen molar-refractivity contribution in [1.29, 1.82) is 0 Å². The molecule has 2 rings (SSSR count). The van der Waals surface area contributed by atoms with Crippen LogP contribution < -0.4 is 5.73 Å². The van der Waals surface area contributed by atoms with Crippen molar-refractivity contribution >= 4 is 0 Å². The molecule has 0 unspecified atom stereocenters. The third kappa shape index (κ3) is 1.24. The maximum atomic E-state index is 5.65. The second-order valence-electron chi connectivity index (χ2n) is 3.35. The van der Waals surface area contributed by atoms with Crippen molar-refractivity contribution in [2.75, 3.05) is 0 Å². The van der Waals surface area contributed by atoms with Gasteiger partial charge in [0.15, 0.2) is 0 Å². The minimum absolute atomic E-state index is 0.528. The zero-order valence-corrected chi connectivity index (χ0v) is 8.41. The molecule has 4 heteroatoms. The lowest BCUT2D eigenvalue weighted by molar-refractivity contribution is 0.712. The van der Waals surface area contributed by atoms with E-state index in [9.17, 15) is 0 Å². The maximum Gasteiger partial charge on any atom is 0.0970 e. The van der Waals surface area contributed by atoms with E-state index in [4.69, 9.17) is 5.73 Å². The largest absolute Gasteiger partial charge is 0.367 e. The minimum Gasteiger partial charge on any atom is -0.367 e. The molecule has 0 aliphatic carbocycles. The molecule has 14 heavy (non-hydrogen) atoms. The van der Waals surface area contributed by atoms with Crippen molar-refractivity contribution in [2.45, 2.75) is 13.5 Å². The quantitative estimate of drug-likeness (QED) is 0.747. The zero-order chi connectivity index (χ0) is 10.1. The summed E-state index contributed by atoms with van der Waals surface area (Å²) in [5.74, 6) is 0. The summed E-state index contributed by atoms with van der Waals surface area (Å²) in [4.78, 5) is 3.02. The number of aryl methyl sites for hydroxylation is 1. The Kier molecular flexibility index (Phi) is 2.13. The number of rotatable bonds is 2. The average Bonchev–Trinajstić information content (AvgIpc) is 2.74. The first-order valence-corrected chi connectivity index (χ1v) is 4.59. The molecule has 0 saturated carbocycles. The molecule has 0 bridgehead atoms. The first-order valence-electron chi connectivity index (χ1n) is 4.59. The summed E-state index contributed by atoms with van der Waals surface area (Å²) in [6.45, 7) is 2.58. The summed E-state index contributed by atoms with van der Waals surface area (Å²) in [6, 6.07) is 2.01. The summed E-state index contributed by atoms with van der Waals surface area (Å²) in [5, 5.41) is 4.44. The van der Waals surface area contributed by atoms with E-state index in [-0.39, 0.29) is 0 Å². The Morgan fingerprint density at radius 2 is 2.36 bits per heavy atom. The van der Waals surface area contributed by atoms with Crippen LogP contribution in [-0.4, -0.2) is 14.8 Å². The number of H-pyrrole nitrogens is 1. The molecule has 0 aromatic carbocycles. The van der Waals surface area contributed by atoms with Gasteiger partial charge >= 0.3 is 0 Å². The van der Waals surface area contributed by atoms with Crippen LogP contribution in [0.1, 0.15) is 11.3 Å². The van der Waals surface area contributed by atoms with E-state index < -0.39 is 0 Å². The standard InChI is InChI=1S/C10H14N4/c1-7-9(5-11)14(2)13-10(7)8-3-4-12-6-8/h3-4,6,12H,5,11H2,1-2H3. The monoisotopic (exact) mass is 190 g/mol. The molecule has 2 heterocycles. The number of hydrogen-bond acceptors (Lipinski definition) is 2. The van der Waals surface area contributed by atoms with Gasteiger partial charge in [-0.05, 0) is 18.6 Å². The van der Waals surface area contributed by atoms with Gasteiger partial charge in [-0.3, -0.25) is 4.68 Å². The summed E-state index contributed by atoms with van der Waals surface area (Å²) >= 11 is 0. The van der Waals surface area contributed by atoms with Gasteiger partial charge in [0.1, 0.15) is 0 Å². The summed E-state index contributed by atoms with van der Waals surface area (Å²) in [7, 11) is 1.92. The van der Waals surface area contributed by atoms with Crippen LogP contribution in [0.5, 0.6) is 0 Å². The van der Waals surface area contributed by atoms with Crippen molar-refractivity contribution in [3.63, 3.8) is 0 Å². The normalized spacial score (nSPS) is 10.8. The Bertz CT molecular complexity index is 425. The second kappa shape index (κ2) is 3.31. The molecule has 0 aliphatic rings. The number of aromatic nitrogens is 3. The van der Waals surface area contributed by atoms with Gasteiger partial charge < -0.3 is 10.7 Å². The molecule has 2 aromatic heterocycles. The van der Waals surface area contributed by atoms with E-state index in [1.807, 2.05) is 30.2 Å². The first kappa shape index (κ1) is 9.02. The van der Waals surface area contributed by atoms with Gasteiger partial charge in [0.2, 0.25) is 0 Å². The Morgan fingerprint density at radius 1 is 1.57 bits per heavy atom. The molecule has 2 aromatic rings. The average molecular weight is 190 g/mol. The van der Waals surface area contributed by atoms with Crippen LogP contribution in [0.4, 0.5) is 0 Å². The highest BCUT2D eigenvalue weighted by molar-refractivity contribution is 5.62. The van der Waals surface area contributed by atoms with Crippen molar-refractivity contribution < 1.29 is 0 Å². The molecule has 74 valence electrons. The van der Waals surface area contributed by atoms with Gasteiger partial charge in [0.25, 0.3) is 0 Å². The molecule has 0 radical (unpaired) electrons. The van der Waals surface area contributed by atoms with Gasteiger partial charge in [0.05, 0.1) is 11.4 Å². The SMILES string of the molecule is Cc1c(-c2cc[nH]c2)nn(C)c1CN. The molecule has 0 spiro atoms. The number of hydrogen-bond donors (Lipinski definition) is 2. The number of nitrogens with one attached hydrogen (secondary N) is 1. The predicted octanol–water partition coefficient (Wildman–Crippen LogP) is 1.18. The fraction of sp³-hybridized carbons (Fsp3) is 0.300. The highest BCUT2D eigenvalue weighted by Crippen LogP contribution is 2.23. The lowest BCUT2D eigenvalue weighted by Crippen LogP contribution is -2.05. The van der Waals surface area contributed by atoms with Gasteiger partial charge in [-0.1, -0.05) is 0 Å². The molecule has 0 atom stereocenters. The van der Waals surface area contributed by atoms with E-state index in [0.29, 0.717) is 6.54 Å². The number of nitrogens with two attached hydrogens (primary N) is 1. The molecule has 0 aliphatic heterocycles. The lowest BCUT2D eigenvalue weighted by Gasteiger charge is -1.97. The minimum atomic E-state index is 0.528. The van der Waals surface area contributed by atoms with Gasteiger partial charge in [-0.25, -0.2) is 0 Å². The van der Waals surface area contributed by atoms with Crippen molar-refractivity contribution in [3.8, 4) is 11.3 Å². The Balaban J connectivity index is 2.55. The van der Waals surface area contributed by atoms with Crippen LogP contribution >= 0.6 is 0 Å². The van der Waals surface area contributed by atoms with E-state index in [1.165, 1.54) is 0 Å². The van der Waals surface area contributed by atoms with E-state index in [2.05, 4.69) is 17.0 Å². The Labute approximate surface area is 82.7 Å². The molecule has 0 saturated heterocycles. The lowest BCUT2D eigenvalue weighted by atomic mass is 10.1. The van der Waals surface area contributed by atoms with Crippen LogP contribution in [-0.2, 0) is 13.6 Å². The Hall–Kier alpha value is -1.55. The molecule has 0 amide bonds. The number of nitrogens with zero attached hydrogens (tertiary/aromatic N) is 2. The molecular weight excluding hydrogens is 176 g/mol. The van der Waals surface area contributed by atoms with Gasteiger partial charge in [0, 0.05) is 31.5 Å². The maximum absolute atomic E-state index is 5.65. The third-order valence-corrected chi connectivity index (χ3v) is 2.49. The zero-order valence-electron chi connectivity index (χ0n) is 8.41. The van der Waals surface area contributed by atoms with Gasteiger partial charge in [-0.2, -0.15) is 5.10 Å². The van der Waals surface area contributed by atoms with Gasteiger partial charge in [-0.15, -0.1) is 0 Å². The number of aromatic amines is 1. The van der Waals surface area contributed by atoms with Crippen LogP contribution in [0.25, 0.3) is 11.3 Å². The van der Waals surface area contributed by atoms with Crippen LogP contribution in [0, 0.1) is 6.92 Å². The fourth-order valence-electron chi connectivity index (χ4n) is 1.70.